The molecule has 0 atom stereocenters. The largest absolute Gasteiger partial charge is 0.412 e. The minimum atomic E-state index is 0. The van der Waals surface area contributed by atoms with Crippen LogP contribution in [0.5, 0.6) is 0 Å². The molecule has 0 spiro atoms. The minimum absolute atomic E-state index is 0. The van der Waals surface area contributed by atoms with Gasteiger partial charge in [-0.2, -0.15) is 0 Å². The zero-order chi connectivity index (χ0) is 0. The first kappa shape index (κ1) is 1540. The van der Waals surface area contributed by atoms with E-state index in [9.17, 15) is 0 Å². The Morgan fingerprint density at radius 3 is 0.286 bits per heavy atom. The van der Waals surface area contributed by atoms with Gasteiger partial charge >= 0.3 is 0 Å². The molecule has 6 nitrogen and oxygen atoms in total. The summed E-state index contributed by atoms with van der Waals surface area (Å²) in [7, 11) is 0. The number of hydrogen-bond acceptors (Lipinski definition) is 0. The van der Waals surface area contributed by atoms with E-state index < -0.39 is 0 Å². The van der Waals surface area contributed by atoms with Crippen molar-refractivity contribution >= 4 is 0 Å². The van der Waals surface area contributed by atoms with Gasteiger partial charge in [-0.3, -0.25) is 0 Å². The summed E-state index contributed by atoms with van der Waals surface area (Å²) < 4.78 is 0. The van der Waals surface area contributed by atoms with E-state index in [1.54, 1.807) is 0 Å². The van der Waals surface area contributed by atoms with Crippen LogP contribution >= 0.6 is 0 Å². The van der Waals surface area contributed by atoms with Crippen molar-refractivity contribution in [3.8, 4) is 0 Å². The summed E-state index contributed by atoms with van der Waals surface area (Å²) in [5.41, 5.74) is 0. The second kappa shape index (κ2) is 952. The Morgan fingerprint density at radius 2 is 0.286 bits per heavy atom. The van der Waals surface area contributed by atoms with E-state index in [4.69, 9.17) is 0 Å². The second-order valence-corrected chi connectivity index (χ2v) is 0. The molecule has 58 valence electrons. The minimum Gasteiger partial charge on any atom is -0.412 e. The molecule has 7 heavy (non-hydrogen) atoms. The first-order valence-corrected chi connectivity index (χ1v) is 0. The summed E-state index contributed by atoms with van der Waals surface area (Å²) >= 11 is 0. The summed E-state index contributed by atoms with van der Waals surface area (Å²) in [6.45, 7) is 0. The van der Waals surface area contributed by atoms with E-state index >= 15 is 0 Å². The Bertz CT molecular complexity index is 4.14. The standard InChI is InChI=1S/6H2O.Pt/h6*1H2;. The molecule has 0 aromatic carbocycles. The van der Waals surface area contributed by atoms with Crippen LogP contribution in [0.1, 0.15) is 0 Å². The SMILES string of the molecule is O.O.O.O.O.O.[Pt]. The molecule has 0 unspecified atom stereocenters. The third kappa shape index (κ3) is 635. The van der Waals surface area contributed by atoms with Gasteiger partial charge in [-0.1, -0.05) is 0 Å². The van der Waals surface area contributed by atoms with Gasteiger partial charge in [0, 0.05) is 21.1 Å². The van der Waals surface area contributed by atoms with Crippen molar-refractivity contribution < 1.29 is 53.9 Å². The van der Waals surface area contributed by atoms with Crippen LogP contribution in [0.25, 0.3) is 0 Å². The van der Waals surface area contributed by atoms with Gasteiger partial charge in [0.1, 0.15) is 0 Å². The molecule has 0 saturated carbocycles. The molecular formula is H12O6Pt. The maximum absolute atomic E-state index is 0. The van der Waals surface area contributed by atoms with E-state index in [1.165, 1.54) is 0 Å². The fraction of sp³-hybridized carbons (Fsp3) is 0. The molecule has 0 aliphatic carbocycles. The van der Waals surface area contributed by atoms with Crippen LogP contribution in [-0.4, -0.2) is 32.9 Å². The Hall–Kier alpha value is 0.448. The molecule has 0 aromatic heterocycles. The van der Waals surface area contributed by atoms with Crippen LogP contribution in [0.2, 0.25) is 0 Å². The van der Waals surface area contributed by atoms with Gasteiger partial charge in [0.05, 0.1) is 0 Å². The van der Waals surface area contributed by atoms with Gasteiger partial charge in [-0.15, -0.1) is 0 Å². The van der Waals surface area contributed by atoms with E-state index in [2.05, 4.69) is 0 Å². The first-order chi connectivity index (χ1) is 0. The quantitative estimate of drug-likeness (QED) is 0.414. The summed E-state index contributed by atoms with van der Waals surface area (Å²) in [5.74, 6) is 0. The normalized spacial score (nSPS) is 0. The van der Waals surface area contributed by atoms with Crippen LogP contribution in [0, 0.1) is 0 Å². The molecule has 0 aromatic rings. The molecule has 0 rings (SSSR count). The molecule has 0 heterocycles. The topological polar surface area (TPSA) is 189 Å². The Labute approximate surface area is 54.6 Å². The van der Waals surface area contributed by atoms with Crippen molar-refractivity contribution in [3.05, 3.63) is 0 Å². The van der Waals surface area contributed by atoms with Gasteiger partial charge in [0.25, 0.3) is 0 Å². The third-order valence-electron chi connectivity index (χ3n) is 0. The monoisotopic (exact) mass is 303 g/mol. The van der Waals surface area contributed by atoms with Crippen LogP contribution in [0.4, 0.5) is 0 Å². The molecule has 0 aliphatic heterocycles. The predicted molar refractivity (Wildman–Crippen MR) is 21.7 cm³/mol. The molecule has 12 N–H and O–H groups in total. The van der Waals surface area contributed by atoms with Crippen LogP contribution in [-0.2, 0) is 21.1 Å². The summed E-state index contributed by atoms with van der Waals surface area (Å²) in [6.07, 6.45) is 0. The zero-order valence-corrected chi connectivity index (χ0v) is 5.59. The molecule has 0 bridgehead atoms. The van der Waals surface area contributed by atoms with Crippen molar-refractivity contribution in [1.82, 2.24) is 0 Å². The smallest absolute Gasteiger partial charge is 0 e. The molecule has 0 fully saturated rings. The zero-order valence-electron chi connectivity index (χ0n) is 3.32. The van der Waals surface area contributed by atoms with Crippen LogP contribution < -0.4 is 0 Å². The maximum atomic E-state index is 0. The summed E-state index contributed by atoms with van der Waals surface area (Å²) in [6, 6.07) is 0. The van der Waals surface area contributed by atoms with Crippen molar-refractivity contribution in [2.24, 2.45) is 0 Å². The third-order valence-corrected chi connectivity index (χ3v) is 0. The predicted octanol–water partition coefficient (Wildman–Crippen LogP) is -4.95. The fourth-order valence-corrected chi connectivity index (χ4v) is 0. The molecule has 7 heteroatoms. The molecule has 0 saturated heterocycles. The van der Waals surface area contributed by atoms with Gasteiger partial charge in [0.15, 0.2) is 0 Å². The number of hydrogen-bond donors (Lipinski definition) is 0. The van der Waals surface area contributed by atoms with E-state index in [0.29, 0.717) is 0 Å². The van der Waals surface area contributed by atoms with Crippen molar-refractivity contribution in [2.45, 2.75) is 0 Å². The van der Waals surface area contributed by atoms with Gasteiger partial charge in [-0.25, -0.2) is 0 Å². The average Bonchev–Trinajstić information content (AvgIpc) is 0. The first-order valence-electron chi connectivity index (χ1n) is 0. The molecule has 0 amide bonds. The van der Waals surface area contributed by atoms with Crippen molar-refractivity contribution in [1.29, 1.82) is 0 Å². The Balaban J connectivity index is 0. The number of rotatable bonds is 0. The van der Waals surface area contributed by atoms with Crippen LogP contribution in [0.3, 0.4) is 0 Å². The van der Waals surface area contributed by atoms with Gasteiger partial charge < -0.3 is 32.9 Å². The van der Waals surface area contributed by atoms with Gasteiger partial charge in [-0.05, 0) is 0 Å². The summed E-state index contributed by atoms with van der Waals surface area (Å²) in [4.78, 5) is 0. The fourth-order valence-electron chi connectivity index (χ4n) is 0. The van der Waals surface area contributed by atoms with Crippen molar-refractivity contribution in [3.63, 3.8) is 0 Å². The van der Waals surface area contributed by atoms with Crippen LogP contribution in [0.15, 0.2) is 0 Å². The van der Waals surface area contributed by atoms with Crippen molar-refractivity contribution in [2.75, 3.05) is 0 Å². The molecule has 0 radical (unpaired) electrons. The Morgan fingerprint density at radius 1 is 0.286 bits per heavy atom. The Kier molecular flexibility index (Phi) is 210000. The van der Waals surface area contributed by atoms with Gasteiger partial charge in [0.2, 0.25) is 0 Å². The summed E-state index contributed by atoms with van der Waals surface area (Å²) in [5, 5.41) is 0. The maximum Gasteiger partial charge on any atom is 0 e. The molecular weight excluding hydrogens is 291 g/mol. The van der Waals surface area contributed by atoms with E-state index in [0.717, 1.165) is 0 Å². The average molecular weight is 303 g/mol. The second-order valence-electron chi connectivity index (χ2n) is 0. The van der Waals surface area contributed by atoms with E-state index in [1.807, 2.05) is 0 Å². The van der Waals surface area contributed by atoms with E-state index in [-0.39, 0.29) is 53.9 Å². The molecule has 0 aliphatic rings.